The van der Waals surface area contributed by atoms with Crippen molar-refractivity contribution in [2.45, 2.75) is 64.5 Å². The third-order valence-electron chi connectivity index (χ3n) is 2.91. The first-order valence-electron chi connectivity index (χ1n) is 7.00. The summed E-state index contributed by atoms with van der Waals surface area (Å²) in [4.78, 5) is 6.26. The molecule has 0 fully saturated rings. The number of hydrogen-bond acceptors (Lipinski definition) is 4. The van der Waals surface area contributed by atoms with Crippen molar-refractivity contribution in [2.75, 3.05) is 6.54 Å². The van der Waals surface area contributed by atoms with Gasteiger partial charge in [0.25, 0.3) is 0 Å². The maximum absolute atomic E-state index is 4.82. The quantitative estimate of drug-likeness (QED) is 0.735. The van der Waals surface area contributed by atoms with E-state index in [0.29, 0.717) is 0 Å². The van der Waals surface area contributed by atoms with Crippen molar-refractivity contribution < 1.29 is 0 Å². The second-order valence-electron chi connectivity index (χ2n) is 4.54. The van der Waals surface area contributed by atoms with Crippen LogP contribution in [0.1, 0.15) is 56.1 Å². The summed E-state index contributed by atoms with van der Waals surface area (Å²) in [7, 11) is 0. The number of rotatable bonds is 9. The lowest BCUT2D eigenvalue weighted by molar-refractivity contribution is 0.723. The van der Waals surface area contributed by atoms with Gasteiger partial charge in [-0.2, -0.15) is 11.8 Å². The minimum absolute atomic E-state index is 0.737. The number of aryl methyl sites for hydroxylation is 1. The van der Waals surface area contributed by atoms with Gasteiger partial charge in [-0.3, -0.25) is 0 Å². The van der Waals surface area contributed by atoms with Gasteiger partial charge in [0.05, 0.1) is 5.69 Å². The molecule has 0 bridgehead atoms. The van der Waals surface area contributed by atoms with Gasteiger partial charge < -0.3 is 5.32 Å². The van der Waals surface area contributed by atoms with E-state index in [1.807, 2.05) is 23.1 Å². The lowest BCUT2D eigenvalue weighted by atomic mass is 10.2. The Hall–Kier alpha value is -0.0600. The van der Waals surface area contributed by atoms with Crippen molar-refractivity contribution in [3.05, 3.63) is 15.6 Å². The normalized spacial score (nSPS) is 12.9. The van der Waals surface area contributed by atoms with Gasteiger partial charge >= 0.3 is 0 Å². The number of aromatic nitrogens is 1. The van der Waals surface area contributed by atoms with Crippen molar-refractivity contribution >= 4 is 23.1 Å². The number of thioether (sulfide) groups is 1. The zero-order valence-corrected chi connectivity index (χ0v) is 13.7. The predicted molar refractivity (Wildman–Crippen MR) is 84.5 cm³/mol. The van der Waals surface area contributed by atoms with Crippen molar-refractivity contribution in [1.29, 1.82) is 0 Å². The molecule has 1 aromatic rings. The monoisotopic (exact) mass is 286 g/mol. The smallest absolute Gasteiger partial charge is 0.103 e. The molecule has 1 N–H and O–H groups in total. The summed E-state index contributed by atoms with van der Waals surface area (Å²) < 4.78 is 0. The second-order valence-corrected chi connectivity index (χ2v) is 7.13. The number of nitrogens with one attached hydrogen (secondary N) is 1. The molecule has 4 heteroatoms. The fourth-order valence-electron chi connectivity index (χ4n) is 1.64. The van der Waals surface area contributed by atoms with Crippen molar-refractivity contribution in [3.63, 3.8) is 0 Å². The lowest BCUT2D eigenvalue weighted by Gasteiger charge is -2.05. The van der Waals surface area contributed by atoms with E-state index in [0.717, 1.165) is 30.5 Å². The minimum atomic E-state index is 0.737. The molecule has 2 nitrogen and oxygen atoms in total. The van der Waals surface area contributed by atoms with E-state index in [1.54, 1.807) is 0 Å². The number of hydrogen-bond donors (Lipinski definition) is 1. The van der Waals surface area contributed by atoms with Crippen LogP contribution < -0.4 is 5.32 Å². The first kappa shape index (κ1) is 16.0. The molecule has 104 valence electrons. The maximum atomic E-state index is 4.82. The Morgan fingerprint density at radius 3 is 2.72 bits per heavy atom. The fraction of sp³-hybridized carbons (Fsp3) is 0.786. The fourth-order valence-corrected chi connectivity index (χ4v) is 3.69. The van der Waals surface area contributed by atoms with E-state index in [4.69, 9.17) is 4.98 Å². The molecule has 1 rings (SSSR count). The Morgan fingerprint density at radius 1 is 1.33 bits per heavy atom. The van der Waals surface area contributed by atoms with Crippen LogP contribution in [0.4, 0.5) is 0 Å². The van der Waals surface area contributed by atoms with E-state index in [-0.39, 0.29) is 0 Å². The van der Waals surface area contributed by atoms with Crippen LogP contribution in [0.25, 0.3) is 0 Å². The zero-order chi connectivity index (χ0) is 13.4. The Morgan fingerprint density at radius 2 is 2.11 bits per heavy atom. The van der Waals surface area contributed by atoms with E-state index in [9.17, 15) is 0 Å². The topological polar surface area (TPSA) is 24.9 Å². The molecule has 1 unspecified atom stereocenters. The summed E-state index contributed by atoms with van der Waals surface area (Å²) >= 11 is 3.92. The molecule has 1 heterocycles. The van der Waals surface area contributed by atoms with Crippen LogP contribution in [0.5, 0.6) is 0 Å². The molecular weight excluding hydrogens is 260 g/mol. The Balaban J connectivity index is 2.62. The molecular formula is C14H26N2S2. The summed E-state index contributed by atoms with van der Waals surface area (Å²) in [5.74, 6) is 1.07. The first-order valence-corrected chi connectivity index (χ1v) is 8.87. The third-order valence-corrected chi connectivity index (χ3v) is 5.53. The van der Waals surface area contributed by atoms with Gasteiger partial charge in [0, 0.05) is 22.4 Å². The zero-order valence-electron chi connectivity index (χ0n) is 12.1. The molecule has 1 aromatic heterocycles. The van der Waals surface area contributed by atoms with Crippen LogP contribution in [0.15, 0.2) is 0 Å². The standard InChI is InChI=1S/C14H26N2S2/c1-5-8-12-13(9-15-7-3)18-14(16-12)10-17-11(4)6-2/h11,15H,5-10H2,1-4H3. The van der Waals surface area contributed by atoms with Gasteiger partial charge in [0.1, 0.15) is 5.01 Å². The van der Waals surface area contributed by atoms with Crippen molar-refractivity contribution in [3.8, 4) is 0 Å². The summed E-state index contributed by atoms with van der Waals surface area (Å²) in [5, 5.41) is 5.46. The van der Waals surface area contributed by atoms with Gasteiger partial charge in [-0.05, 0) is 19.4 Å². The average Bonchev–Trinajstić information content (AvgIpc) is 2.76. The van der Waals surface area contributed by atoms with E-state index >= 15 is 0 Å². The Bertz CT molecular complexity index is 337. The molecule has 1 atom stereocenters. The summed E-state index contributed by atoms with van der Waals surface area (Å²) in [6.07, 6.45) is 3.54. The van der Waals surface area contributed by atoms with Crippen LogP contribution in [0, 0.1) is 0 Å². The van der Waals surface area contributed by atoms with E-state index < -0.39 is 0 Å². The largest absolute Gasteiger partial charge is 0.312 e. The highest BCUT2D eigenvalue weighted by Gasteiger charge is 2.11. The van der Waals surface area contributed by atoms with Crippen LogP contribution in [-0.2, 0) is 18.7 Å². The molecule has 0 radical (unpaired) electrons. The SMILES string of the molecule is CCCc1nc(CSC(C)CC)sc1CNCC. The molecule has 0 saturated carbocycles. The Kier molecular flexibility index (Phi) is 7.95. The van der Waals surface area contributed by atoms with Crippen molar-refractivity contribution in [1.82, 2.24) is 10.3 Å². The summed E-state index contributed by atoms with van der Waals surface area (Å²) in [6, 6.07) is 0. The molecule has 0 aliphatic heterocycles. The molecule has 0 saturated heterocycles. The maximum Gasteiger partial charge on any atom is 0.103 e. The lowest BCUT2D eigenvalue weighted by Crippen LogP contribution is -2.11. The summed E-state index contributed by atoms with van der Waals surface area (Å²) in [6.45, 7) is 10.9. The minimum Gasteiger partial charge on any atom is -0.312 e. The summed E-state index contributed by atoms with van der Waals surface area (Å²) in [5.41, 5.74) is 1.32. The van der Waals surface area contributed by atoms with Crippen LogP contribution in [-0.4, -0.2) is 16.8 Å². The van der Waals surface area contributed by atoms with Crippen LogP contribution in [0.3, 0.4) is 0 Å². The predicted octanol–water partition coefficient (Wildman–Crippen LogP) is 4.24. The molecule has 0 spiro atoms. The average molecular weight is 287 g/mol. The number of nitrogens with zero attached hydrogens (tertiary/aromatic N) is 1. The van der Waals surface area contributed by atoms with Gasteiger partial charge in [-0.15, -0.1) is 11.3 Å². The highest BCUT2D eigenvalue weighted by molar-refractivity contribution is 7.99. The van der Waals surface area contributed by atoms with Crippen LogP contribution >= 0.6 is 23.1 Å². The van der Waals surface area contributed by atoms with Gasteiger partial charge in [0.2, 0.25) is 0 Å². The van der Waals surface area contributed by atoms with E-state index in [2.05, 4.69) is 33.0 Å². The second kappa shape index (κ2) is 8.94. The highest BCUT2D eigenvalue weighted by atomic mass is 32.2. The molecule has 0 aliphatic rings. The van der Waals surface area contributed by atoms with Gasteiger partial charge in [-0.25, -0.2) is 4.98 Å². The van der Waals surface area contributed by atoms with E-state index in [1.165, 1.54) is 28.4 Å². The molecule has 18 heavy (non-hydrogen) atoms. The van der Waals surface area contributed by atoms with Gasteiger partial charge in [-0.1, -0.05) is 34.1 Å². The third kappa shape index (κ3) is 5.29. The molecule has 0 amide bonds. The first-order chi connectivity index (χ1) is 8.71. The van der Waals surface area contributed by atoms with Gasteiger partial charge in [0.15, 0.2) is 0 Å². The molecule has 0 aromatic carbocycles. The van der Waals surface area contributed by atoms with Crippen molar-refractivity contribution in [2.24, 2.45) is 0 Å². The molecule has 0 aliphatic carbocycles. The highest BCUT2D eigenvalue weighted by Crippen LogP contribution is 2.26. The Labute approximate surface area is 120 Å². The number of thiazole rings is 1. The van der Waals surface area contributed by atoms with Crippen LogP contribution in [0.2, 0.25) is 0 Å².